The number of carbonyl (C=O) groups excluding carboxylic acids is 1. The molecule has 0 aliphatic rings. The molecule has 20 heavy (non-hydrogen) atoms. The predicted octanol–water partition coefficient (Wildman–Crippen LogP) is 2.62. The van der Waals surface area contributed by atoms with E-state index in [1.807, 2.05) is 20.8 Å². The molecular weight excluding hydrogens is 260 g/mol. The highest BCUT2D eigenvalue weighted by molar-refractivity contribution is 5.88. The Morgan fingerprint density at radius 1 is 1.45 bits per heavy atom. The Kier molecular flexibility index (Phi) is 5.61. The minimum absolute atomic E-state index is 0.114. The van der Waals surface area contributed by atoms with Gasteiger partial charge >= 0.3 is 12.0 Å². The second kappa shape index (κ2) is 6.98. The van der Waals surface area contributed by atoms with Gasteiger partial charge in [0.15, 0.2) is 0 Å². The van der Waals surface area contributed by atoms with E-state index in [4.69, 9.17) is 9.52 Å². The van der Waals surface area contributed by atoms with Gasteiger partial charge in [0.05, 0.1) is 6.54 Å². The zero-order valence-corrected chi connectivity index (χ0v) is 12.4. The molecule has 0 aromatic carbocycles. The number of carboxylic acids is 1. The van der Waals surface area contributed by atoms with Gasteiger partial charge in [0.2, 0.25) is 0 Å². The van der Waals surface area contributed by atoms with Gasteiger partial charge < -0.3 is 19.7 Å². The van der Waals surface area contributed by atoms with Crippen LogP contribution in [0.25, 0.3) is 0 Å². The molecule has 0 aliphatic heterocycles. The van der Waals surface area contributed by atoms with Crippen LogP contribution in [0, 0.1) is 6.92 Å². The van der Waals surface area contributed by atoms with Crippen molar-refractivity contribution < 1.29 is 19.1 Å². The van der Waals surface area contributed by atoms with Crippen molar-refractivity contribution in [2.75, 3.05) is 6.54 Å². The molecule has 0 aliphatic carbocycles. The number of carbonyl (C=O) groups is 2. The molecule has 1 aromatic heterocycles. The Bertz CT molecular complexity index is 480. The summed E-state index contributed by atoms with van der Waals surface area (Å²) in [5.74, 6) is -0.247. The summed E-state index contributed by atoms with van der Waals surface area (Å²) in [5, 5.41) is 11.7. The zero-order chi connectivity index (χ0) is 15.3. The molecule has 0 saturated carbocycles. The van der Waals surface area contributed by atoms with Gasteiger partial charge in [-0.1, -0.05) is 6.92 Å². The summed E-state index contributed by atoms with van der Waals surface area (Å²) < 4.78 is 5.31. The van der Waals surface area contributed by atoms with Crippen molar-refractivity contribution in [2.45, 2.75) is 46.7 Å². The van der Waals surface area contributed by atoms with Gasteiger partial charge in [0, 0.05) is 12.6 Å². The number of nitrogens with one attached hydrogen (secondary N) is 1. The van der Waals surface area contributed by atoms with Gasteiger partial charge in [-0.05, 0) is 33.3 Å². The molecule has 0 atom stereocenters. The fourth-order valence-corrected chi connectivity index (χ4v) is 1.94. The van der Waals surface area contributed by atoms with Crippen LogP contribution < -0.4 is 5.32 Å². The van der Waals surface area contributed by atoms with E-state index >= 15 is 0 Å². The lowest BCUT2D eigenvalue weighted by Gasteiger charge is -2.26. The molecule has 0 radical (unpaired) electrons. The van der Waals surface area contributed by atoms with Crippen LogP contribution in [0.2, 0.25) is 0 Å². The quantitative estimate of drug-likeness (QED) is 0.840. The maximum Gasteiger partial charge on any atom is 0.339 e. The number of aromatic carboxylic acids is 1. The molecule has 6 heteroatoms. The summed E-state index contributed by atoms with van der Waals surface area (Å²) in [4.78, 5) is 24.7. The topological polar surface area (TPSA) is 82.8 Å². The lowest BCUT2D eigenvalue weighted by atomic mass is 10.2. The Hall–Kier alpha value is -1.98. The summed E-state index contributed by atoms with van der Waals surface area (Å²) in [6.07, 6.45) is 0.884. The Morgan fingerprint density at radius 3 is 2.55 bits per heavy atom. The third-order valence-electron chi connectivity index (χ3n) is 2.96. The van der Waals surface area contributed by atoms with Crippen LogP contribution in [0.4, 0.5) is 4.79 Å². The van der Waals surface area contributed by atoms with Crippen molar-refractivity contribution in [1.82, 2.24) is 10.2 Å². The predicted molar refractivity (Wildman–Crippen MR) is 74.8 cm³/mol. The van der Waals surface area contributed by atoms with Crippen molar-refractivity contribution in [1.29, 1.82) is 0 Å². The SMILES string of the molecule is CCCN(C(=O)NCc1cc(C(=O)O)c(C)o1)C(C)C. The van der Waals surface area contributed by atoms with E-state index in [1.165, 1.54) is 6.07 Å². The zero-order valence-electron chi connectivity index (χ0n) is 12.4. The summed E-state index contributed by atoms with van der Waals surface area (Å²) in [6.45, 7) is 8.37. The number of amides is 2. The van der Waals surface area contributed by atoms with E-state index in [9.17, 15) is 9.59 Å². The fourth-order valence-electron chi connectivity index (χ4n) is 1.94. The first-order valence-corrected chi connectivity index (χ1v) is 6.73. The van der Waals surface area contributed by atoms with Crippen molar-refractivity contribution in [3.63, 3.8) is 0 Å². The minimum Gasteiger partial charge on any atom is -0.478 e. The second-order valence-electron chi connectivity index (χ2n) is 4.93. The van der Waals surface area contributed by atoms with Gasteiger partial charge in [0.1, 0.15) is 17.1 Å². The van der Waals surface area contributed by atoms with Gasteiger partial charge in [-0.15, -0.1) is 0 Å². The first-order valence-electron chi connectivity index (χ1n) is 6.73. The van der Waals surface area contributed by atoms with Gasteiger partial charge in [-0.25, -0.2) is 9.59 Å². The monoisotopic (exact) mass is 282 g/mol. The molecule has 1 rings (SSSR count). The summed E-state index contributed by atoms with van der Waals surface area (Å²) in [6, 6.07) is 1.38. The van der Waals surface area contributed by atoms with E-state index in [0.29, 0.717) is 18.1 Å². The number of hydrogen-bond acceptors (Lipinski definition) is 3. The summed E-state index contributed by atoms with van der Waals surface area (Å²) in [5.41, 5.74) is 0.128. The van der Waals surface area contributed by atoms with E-state index in [2.05, 4.69) is 5.32 Å². The maximum absolute atomic E-state index is 12.0. The number of hydrogen-bond donors (Lipinski definition) is 2. The van der Waals surface area contributed by atoms with Crippen LogP contribution in [-0.4, -0.2) is 34.6 Å². The first kappa shape index (κ1) is 16.1. The van der Waals surface area contributed by atoms with Crippen molar-refractivity contribution in [2.24, 2.45) is 0 Å². The van der Waals surface area contributed by atoms with Crippen LogP contribution in [0.1, 0.15) is 49.1 Å². The van der Waals surface area contributed by atoms with Crippen LogP contribution in [0.15, 0.2) is 10.5 Å². The third kappa shape index (κ3) is 4.01. The molecule has 0 spiro atoms. The van der Waals surface area contributed by atoms with Crippen LogP contribution in [0.5, 0.6) is 0 Å². The normalized spacial score (nSPS) is 10.7. The van der Waals surface area contributed by atoms with Crippen molar-refractivity contribution in [3.05, 3.63) is 23.2 Å². The average molecular weight is 282 g/mol. The number of carboxylic acid groups (broad SMARTS) is 1. The Labute approximate surface area is 118 Å². The smallest absolute Gasteiger partial charge is 0.339 e. The van der Waals surface area contributed by atoms with Gasteiger partial charge in [0.25, 0.3) is 0 Å². The lowest BCUT2D eigenvalue weighted by Crippen LogP contribution is -2.44. The first-order chi connectivity index (χ1) is 9.36. The molecular formula is C14H22N2O4. The number of rotatable bonds is 6. The van der Waals surface area contributed by atoms with Gasteiger partial charge in [-0.3, -0.25) is 0 Å². The van der Waals surface area contributed by atoms with E-state index < -0.39 is 5.97 Å². The molecule has 112 valence electrons. The van der Waals surface area contributed by atoms with E-state index in [0.717, 1.165) is 6.42 Å². The fraction of sp³-hybridized carbons (Fsp3) is 0.571. The summed E-state index contributed by atoms with van der Waals surface area (Å²) >= 11 is 0. The largest absolute Gasteiger partial charge is 0.478 e. The maximum atomic E-state index is 12.0. The number of nitrogens with zero attached hydrogens (tertiary/aromatic N) is 1. The standard InChI is InChI=1S/C14H22N2O4/c1-5-6-16(9(2)3)14(19)15-8-11-7-12(13(17)18)10(4)20-11/h7,9H,5-6,8H2,1-4H3,(H,15,19)(H,17,18). The molecule has 0 unspecified atom stereocenters. The highest BCUT2D eigenvalue weighted by Crippen LogP contribution is 2.14. The van der Waals surface area contributed by atoms with E-state index in [1.54, 1.807) is 11.8 Å². The lowest BCUT2D eigenvalue weighted by molar-refractivity contribution is 0.0695. The highest BCUT2D eigenvalue weighted by atomic mass is 16.4. The Balaban J connectivity index is 2.64. The van der Waals surface area contributed by atoms with E-state index in [-0.39, 0.29) is 24.2 Å². The molecule has 6 nitrogen and oxygen atoms in total. The van der Waals surface area contributed by atoms with Gasteiger partial charge in [-0.2, -0.15) is 0 Å². The molecule has 2 amide bonds. The average Bonchev–Trinajstić information content (AvgIpc) is 2.74. The molecule has 2 N–H and O–H groups in total. The minimum atomic E-state index is -1.03. The summed E-state index contributed by atoms with van der Waals surface area (Å²) in [7, 11) is 0. The Morgan fingerprint density at radius 2 is 2.10 bits per heavy atom. The van der Waals surface area contributed by atoms with Crippen LogP contribution >= 0.6 is 0 Å². The molecule has 0 saturated heterocycles. The molecule has 1 heterocycles. The van der Waals surface area contributed by atoms with Crippen molar-refractivity contribution in [3.8, 4) is 0 Å². The number of urea groups is 1. The number of aryl methyl sites for hydroxylation is 1. The third-order valence-corrected chi connectivity index (χ3v) is 2.96. The molecule has 1 aromatic rings. The van der Waals surface area contributed by atoms with Crippen LogP contribution in [0.3, 0.4) is 0 Å². The molecule has 0 fully saturated rings. The van der Waals surface area contributed by atoms with Crippen LogP contribution in [-0.2, 0) is 6.54 Å². The second-order valence-corrected chi connectivity index (χ2v) is 4.93. The highest BCUT2D eigenvalue weighted by Gasteiger charge is 2.17. The molecule has 0 bridgehead atoms. The number of furan rings is 1. The van der Waals surface area contributed by atoms with Crippen molar-refractivity contribution >= 4 is 12.0 Å².